The van der Waals surface area contributed by atoms with Crippen molar-refractivity contribution >= 4 is 8.41 Å². The van der Waals surface area contributed by atoms with E-state index in [2.05, 4.69) is 0 Å². The molecule has 1 fully saturated rings. The molecule has 0 aromatic heterocycles. The van der Waals surface area contributed by atoms with Crippen LogP contribution >= 0.6 is 0 Å². The molecule has 0 nitrogen and oxygen atoms in total. The Morgan fingerprint density at radius 2 is 0.429 bits per heavy atom. The molecule has 0 bridgehead atoms. The molecule has 0 heterocycles. The van der Waals surface area contributed by atoms with E-state index in [9.17, 15) is 0 Å². The maximum absolute atomic E-state index is 1.50. The molecule has 1 aliphatic rings. The van der Waals surface area contributed by atoms with Gasteiger partial charge in [-0.05, 0) is 0 Å². The molecule has 0 aromatic carbocycles. The van der Waals surface area contributed by atoms with Crippen LogP contribution in [0.15, 0.2) is 0 Å². The van der Waals surface area contributed by atoms with Gasteiger partial charge in [-0.2, -0.15) is 0 Å². The molecule has 0 N–H and O–H groups in total. The van der Waals surface area contributed by atoms with Crippen LogP contribution in [0.5, 0.6) is 0 Å². The van der Waals surface area contributed by atoms with Crippen molar-refractivity contribution in [1.82, 2.24) is 0 Å². The van der Waals surface area contributed by atoms with Crippen molar-refractivity contribution in [3.63, 3.8) is 0 Å². The molecule has 1 rings (SSSR count). The summed E-state index contributed by atoms with van der Waals surface area (Å²) in [7, 11) is 0. The van der Waals surface area contributed by atoms with Gasteiger partial charge in [0, 0.05) is 107 Å². The third kappa shape index (κ3) is 36.1. The second-order valence-electron chi connectivity index (χ2n) is 2.12. The maximum Gasteiger partial charge on any atom is 0 e. The average molecular weight is 422 g/mol. The molecule has 0 saturated heterocycles. The van der Waals surface area contributed by atoms with Crippen molar-refractivity contribution in [2.75, 3.05) is 0 Å². The fourth-order valence-electron chi connectivity index (χ4n) is 1.06. The summed E-state index contributed by atoms with van der Waals surface area (Å²) in [4.78, 5) is 0. The number of rotatable bonds is 0. The van der Waals surface area contributed by atoms with Gasteiger partial charge in [0.25, 0.3) is 0 Å². The van der Waals surface area contributed by atoms with Gasteiger partial charge in [0.1, 0.15) is 0 Å². The Morgan fingerprint density at radius 3 is 0.500 bits per heavy atom. The van der Waals surface area contributed by atoms with E-state index in [0.717, 1.165) is 0 Å². The molecule has 0 aliphatic heterocycles. The maximum atomic E-state index is 1.50. The van der Waals surface area contributed by atoms with E-state index in [4.69, 9.17) is 0 Å². The van der Waals surface area contributed by atoms with Gasteiger partial charge in [0.15, 0.2) is 0 Å². The van der Waals surface area contributed by atoms with Crippen LogP contribution in [-0.4, -0.2) is 8.41 Å². The summed E-state index contributed by atoms with van der Waals surface area (Å²) < 4.78 is 0. The normalized spacial score (nSPS) is 10.3. The molecule has 14 heavy (non-hydrogen) atoms. The molecule has 1 aliphatic carbocycles. The summed E-state index contributed by atoms with van der Waals surface area (Å²) in [5.41, 5.74) is 0. The Balaban J connectivity index is -0.00000000750. The summed E-state index contributed by atoms with van der Waals surface area (Å²) in [5, 5.41) is 0. The van der Waals surface area contributed by atoms with Gasteiger partial charge >= 0.3 is 0 Å². The molecular weight excluding hydrogens is 398 g/mol. The molecule has 1 saturated carbocycles. The minimum atomic E-state index is 0. The summed E-state index contributed by atoms with van der Waals surface area (Å²) in [6.45, 7) is 0. The van der Waals surface area contributed by atoms with Gasteiger partial charge in [0.2, 0.25) is 0 Å². The smallest absolute Gasteiger partial charge is 0 e. The molecule has 80 valence electrons. The molecule has 0 atom stereocenters. The molecular formula is C10H24BY3-4. The van der Waals surface area contributed by atoms with Crippen molar-refractivity contribution in [1.29, 1.82) is 0 Å². The zero-order valence-corrected chi connectivity index (χ0v) is 19.1. The summed E-state index contributed by atoms with van der Waals surface area (Å²) >= 11 is 0. The summed E-state index contributed by atoms with van der Waals surface area (Å²) in [6.07, 6.45) is 9.00. The zero-order valence-electron chi connectivity index (χ0n) is 10.6. The van der Waals surface area contributed by atoms with E-state index in [-0.39, 0.29) is 136 Å². The van der Waals surface area contributed by atoms with E-state index in [1.54, 1.807) is 0 Å². The van der Waals surface area contributed by atoms with Crippen molar-refractivity contribution in [3.8, 4) is 0 Å². The molecule has 6 radical (unpaired) electrons. The van der Waals surface area contributed by atoms with E-state index in [1.807, 2.05) is 0 Å². The largest absolute Gasteiger partial charge is 0.358 e. The fourth-order valence-corrected chi connectivity index (χ4v) is 1.06. The predicted octanol–water partition coefficient (Wildman–Crippen LogP) is 3.75. The third-order valence-electron chi connectivity index (χ3n) is 1.50. The van der Waals surface area contributed by atoms with Crippen LogP contribution < -0.4 is 0 Å². The Morgan fingerprint density at radius 1 is 0.357 bits per heavy atom. The summed E-state index contributed by atoms with van der Waals surface area (Å²) in [6, 6.07) is 0. The topological polar surface area (TPSA) is 0 Å². The molecule has 0 unspecified atom stereocenters. The standard InChI is InChI=1S/C6H12.4CH3.B.3Y/c1-2-4-6-5-3-1;;;;;;;;/h1-6H2;4*1H3;;;;/q;4*-1;;;;. The Kier molecular flexibility index (Phi) is 167. The van der Waals surface area contributed by atoms with Crippen LogP contribution in [0.2, 0.25) is 0 Å². The Bertz CT molecular complexity index is 30.8. The van der Waals surface area contributed by atoms with E-state index in [1.165, 1.54) is 38.5 Å². The number of hydrogen-bond acceptors (Lipinski definition) is 0. The van der Waals surface area contributed by atoms with Gasteiger partial charge < -0.3 is 29.7 Å². The van der Waals surface area contributed by atoms with Gasteiger partial charge in [-0.3, -0.25) is 0 Å². The minimum Gasteiger partial charge on any atom is -0.358 e. The van der Waals surface area contributed by atoms with Crippen LogP contribution in [-0.2, 0) is 98.1 Å². The van der Waals surface area contributed by atoms with Crippen LogP contribution in [0.1, 0.15) is 38.5 Å². The van der Waals surface area contributed by atoms with Gasteiger partial charge in [-0.1, -0.05) is 38.5 Å². The van der Waals surface area contributed by atoms with Crippen molar-refractivity contribution in [2.45, 2.75) is 38.5 Å². The van der Waals surface area contributed by atoms with E-state index < -0.39 is 0 Å². The second-order valence-corrected chi connectivity index (χ2v) is 2.12. The minimum absolute atomic E-state index is 0. The first-order valence-electron chi connectivity index (χ1n) is 3.00. The fraction of sp³-hybridized carbons (Fsp3) is 0.600. The molecule has 0 aromatic rings. The molecule has 0 spiro atoms. The van der Waals surface area contributed by atoms with Crippen LogP contribution in [0.4, 0.5) is 0 Å². The first-order chi connectivity index (χ1) is 3.00. The Labute approximate surface area is 172 Å². The quantitative estimate of drug-likeness (QED) is 0.413. The Hall–Kier alpha value is 3.38. The first-order valence-corrected chi connectivity index (χ1v) is 3.00. The van der Waals surface area contributed by atoms with Crippen LogP contribution in [0.25, 0.3) is 0 Å². The SMILES string of the molecule is C1CCCCC1.[B].[CH3-].[CH3-].[CH3-].[CH3-].[Y].[Y].[Y]. The van der Waals surface area contributed by atoms with Crippen LogP contribution in [0.3, 0.4) is 0 Å². The van der Waals surface area contributed by atoms with Gasteiger partial charge in [0.05, 0.1) is 0 Å². The summed E-state index contributed by atoms with van der Waals surface area (Å²) in [5.74, 6) is 0. The van der Waals surface area contributed by atoms with Crippen molar-refractivity contribution in [3.05, 3.63) is 29.7 Å². The van der Waals surface area contributed by atoms with E-state index >= 15 is 0 Å². The molecule has 4 heteroatoms. The predicted molar refractivity (Wildman–Crippen MR) is 59.1 cm³/mol. The number of hydrogen-bond donors (Lipinski definition) is 0. The van der Waals surface area contributed by atoms with Crippen molar-refractivity contribution in [2.24, 2.45) is 0 Å². The monoisotopic (exact) mass is 422 g/mol. The van der Waals surface area contributed by atoms with E-state index in [0.29, 0.717) is 0 Å². The first kappa shape index (κ1) is 53.0. The van der Waals surface area contributed by atoms with Crippen LogP contribution in [0, 0.1) is 29.7 Å². The second kappa shape index (κ2) is 44.0. The van der Waals surface area contributed by atoms with Gasteiger partial charge in [-0.25, -0.2) is 0 Å². The zero-order chi connectivity index (χ0) is 4.24. The third-order valence-corrected chi connectivity index (χ3v) is 1.50. The molecule has 0 amide bonds. The van der Waals surface area contributed by atoms with Gasteiger partial charge in [-0.15, -0.1) is 0 Å². The average Bonchev–Trinajstić information content (AvgIpc) is 1.72. The van der Waals surface area contributed by atoms with Crippen molar-refractivity contribution < 1.29 is 98.1 Å².